The highest BCUT2D eigenvalue weighted by Crippen LogP contribution is 2.28. The number of H-pyrrole nitrogens is 1. The lowest BCUT2D eigenvalue weighted by molar-refractivity contribution is 0.497. The molecule has 1 N–H and O–H groups in total. The van der Waals surface area contributed by atoms with Gasteiger partial charge in [-0.2, -0.15) is 0 Å². The molecule has 0 aromatic carbocycles. The first kappa shape index (κ1) is 16.3. The molecule has 1 aliphatic carbocycles. The summed E-state index contributed by atoms with van der Waals surface area (Å²) in [5, 5.41) is 8.03. The molecule has 4 rings (SSSR count). The van der Waals surface area contributed by atoms with Crippen LogP contribution in [0.25, 0.3) is 5.65 Å². The Bertz CT molecular complexity index is 913. The fourth-order valence-corrected chi connectivity index (χ4v) is 4.12. The van der Waals surface area contributed by atoms with Gasteiger partial charge in [0.15, 0.2) is 0 Å². The van der Waals surface area contributed by atoms with Crippen LogP contribution in [0.1, 0.15) is 43.6 Å². The van der Waals surface area contributed by atoms with E-state index in [0.29, 0.717) is 11.4 Å². The summed E-state index contributed by atoms with van der Waals surface area (Å²) in [6, 6.07) is 7.12. The van der Waals surface area contributed by atoms with E-state index < -0.39 is 0 Å². The number of aryl methyl sites for hydroxylation is 1. The summed E-state index contributed by atoms with van der Waals surface area (Å²) in [5.41, 5.74) is 1.35. The number of hydrogen-bond acceptors (Lipinski definition) is 5. The van der Waals surface area contributed by atoms with Crippen LogP contribution in [0.15, 0.2) is 40.4 Å². The molecule has 0 amide bonds. The molecule has 25 heavy (non-hydrogen) atoms. The average Bonchev–Trinajstić information content (AvgIpc) is 3.30. The van der Waals surface area contributed by atoms with Crippen LogP contribution in [0, 0.1) is 5.92 Å². The molecule has 1 fully saturated rings. The Hall–Kier alpha value is -2.15. The van der Waals surface area contributed by atoms with E-state index in [1.165, 1.54) is 43.9 Å². The molecule has 3 heterocycles. The summed E-state index contributed by atoms with van der Waals surface area (Å²) in [7, 11) is 0. The maximum absolute atomic E-state index is 12.1. The first-order chi connectivity index (χ1) is 12.3. The van der Waals surface area contributed by atoms with Gasteiger partial charge in [-0.15, -0.1) is 5.10 Å². The number of pyridine rings is 1. The first-order valence-electron chi connectivity index (χ1n) is 8.79. The lowest BCUT2D eigenvalue weighted by Crippen LogP contribution is -2.14. The third kappa shape index (κ3) is 3.92. The van der Waals surface area contributed by atoms with Crippen molar-refractivity contribution in [2.45, 2.75) is 49.4 Å². The topological polar surface area (TPSA) is 75.9 Å². The van der Waals surface area contributed by atoms with Crippen molar-refractivity contribution in [3.63, 3.8) is 0 Å². The molecular weight excluding hydrogens is 334 g/mol. The van der Waals surface area contributed by atoms with Crippen LogP contribution in [0.4, 0.5) is 0 Å². The lowest BCUT2D eigenvalue weighted by atomic mass is 10.0. The van der Waals surface area contributed by atoms with Crippen LogP contribution in [0.3, 0.4) is 0 Å². The minimum Gasteiger partial charge on any atom is -0.269 e. The number of aromatic amines is 1. The van der Waals surface area contributed by atoms with Crippen molar-refractivity contribution in [1.29, 1.82) is 0 Å². The number of hydrogen-bond donors (Lipinski definition) is 1. The second-order valence-electron chi connectivity index (χ2n) is 6.56. The smallest absolute Gasteiger partial charge is 0.258 e. The summed E-state index contributed by atoms with van der Waals surface area (Å²) in [4.78, 5) is 21.2. The Kier molecular flexibility index (Phi) is 4.83. The van der Waals surface area contributed by atoms with Gasteiger partial charge in [-0.3, -0.25) is 14.3 Å². The van der Waals surface area contributed by atoms with Crippen molar-refractivity contribution in [2.24, 2.45) is 5.92 Å². The van der Waals surface area contributed by atoms with Crippen molar-refractivity contribution >= 4 is 17.4 Å². The molecule has 130 valence electrons. The van der Waals surface area contributed by atoms with E-state index in [2.05, 4.69) is 20.2 Å². The lowest BCUT2D eigenvalue weighted by Gasteiger charge is -2.05. The van der Waals surface area contributed by atoms with Crippen LogP contribution < -0.4 is 5.56 Å². The van der Waals surface area contributed by atoms with Gasteiger partial charge in [0, 0.05) is 24.4 Å². The molecule has 0 aliphatic heterocycles. The molecule has 0 bridgehead atoms. The van der Waals surface area contributed by atoms with Crippen molar-refractivity contribution in [2.75, 3.05) is 0 Å². The van der Waals surface area contributed by atoms with E-state index in [1.807, 2.05) is 18.2 Å². The molecule has 1 aliphatic rings. The Balaban J connectivity index is 1.37. The highest BCUT2D eigenvalue weighted by Gasteiger charge is 2.15. The molecule has 0 unspecified atom stereocenters. The molecule has 0 spiro atoms. The maximum Gasteiger partial charge on any atom is 0.258 e. The van der Waals surface area contributed by atoms with E-state index in [9.17, 15) is 4.79 Å². The van der Waals surface area contributed by atoms with Crippen LogP contribution in [-0.2, 0) is 12.2 Å². The Morgan fingerprint density at radius 2 is 2.12 bits per heavy atom. The molecule has 3 aromatic heterocycles. The summed E-state index contributed by atoms with van der Waals surface area (Å²) in [6.45, 7) is 0. The summed E-state index contributed by atoms with van der Waals surface area (Å²) in [5.74, 6) is 2.40. The minimum atomic E-state index is -0.0616. The number of thioether (sulfide) groups is 1. The largest absolute Gasteiger partial charge is 0.269 e. The number of nitrogens with zero attached hydrogens (tertiary/aromatic N) is 4. The van der Waals surface area contributed by atoms with E-state index >= 15 is 0 Å². The van der Waals surface area contributed by atoms with Gasteiger partial charge in [0.2, 0.25) is 5.16 Å². The van der Waals surface area contributed by atoms with Gasteiger partial charge in [-0.1, -0.05) is 43.5 Å². The van der Waals surface area contributed by atoms with Gasteiger partial charge in [0.05, 0.1) is 5.69 Å². The zero-order chi connectivity index (χ0) is 17.1. The van der Waals surface area contributed by atoms with Crippen LogP contribution in [-0.4, -0.2) is 24.6 Å². The summed E-state index contributed by atoms with van der Waals surface area (Å²) in [6.07, 6.45) is 9.36. The monoisotopic (exact) mass is 355 g/mol. The molecule has 0 saturated heterocycles. The minimum absolute atomic E-state index is 0.0616. The molecule has 0 atom stereocenters. The van der Waals surface area contributed by atoms with E-state index in [1.54, 1.807) is 16.7 Å². The van der Waals surface area contributed by atoms with E-state index in [4.69, 9.17) is 0 Å². The van der Waals surface area contributed by atoms with Crippen LogP contribution in [0.5, 0.6) is 0 Å². The second kappa shape index (κ2) is 7.39. The SMILES string of the molecule is O=c1cc(CSc2n[nH]c(CCC3CCCC3)n2)nc2ccccn12. The number of aromatic nitrogens is 5. The van der Waals surface area contributed by atoms with Crippen molar-refractivity contribution in [3.05, 3.63) is 52.3 Å². The third-order valence-corrected chi connectivity index (χ3v) is 5.63. The average molecular weight is 355 g/mol. The highest BCUT2D eigenvalue weighted by molar-refractivity contribution is 7.98. The fourth-order valence-electron chi connectivity index (χ4n) is 3.41. The van der Waals surface area contributed by atoms with Crippen LogP contribution >= 0.6 is 11.8 Å². The standard InChI is InChI=1S/C18H21N5OS/c24-17-11-14(19-16-7-3-4-10-23(16)17)12-25-18-20-15(21-22-18)9-8-13-5-1-2-6-13/h3-4,7,10-11,13H,1-2,5-6,8-9,12H2,(H,20,21,22). The Morgan fingerprint density at radius 3 is 3.00 bits per heavy atom. The molecule has 3 aromatic rings. The highest BCUT2D eigenvalue weighted by atomic mass is 32.2. The Morgan fingerprint density at radius 1 is 1.24 bits per heavy atom. The molecule has 1 saturated carbocycles. The van der Waals surface area contributed by atoms with Gasteiger partial charge in [0.1, 0.15) is 11.5 Å². The van der Waals surface area contributed by atoms with Crippen molar-refractivity contribution in [1.82, 2.24) is 24.6 Å². The third-order valence-electron chi connectivity index (χ3n) is 4.75. The van der Waals surface area contributed by atoms with Gasteiger partial charge in [-0.05, 0) is 24.5 Å². The molecule has 0 radical (unpaired) electrons. The Labute approximate surface area is 150 Å². The van der Waals surface area contributed by atoms with E-state index in [0.717, 1.165) is 29.0 Å². The van der Waals surface area contributed by atoms with Gasteiger partial charge >= 0.3 is 0 Å². The summed E-state index contributed by atoms with van der Waals surface area (Å²) >= 11 is 1.51. The number of fused-ring (bicyclic) bond motifs is 1. The molecule has 6 nitrogen and oxygen atoms in total. The zero-order valence-corrected chi connectivity index (χ0v) is 14.8. The van der Waals surface area contributed by atoms with Crippen LogP contribution in [0.2, 0.25) is 0 Å². The van der Waals surface area contributed by atoms with Gasteiger partial charge in [0.25, 0.3) is 5.56 Å². The molecule has 7 heteroatoms. The van der Waals surface area contributed by atoms with Gasteiger partial charge < -0.3 is 0 Å². The maximum atomic E-state index is 12.1. The second-order valence-corrected chi connectivity index (χ2v) is 7.50. The quantitative estimate of drug-likeness (QED) is 0.687. The number of rotatable bonds is 6. The first-order valence-corrected chi connectivity index (χ1v) is 9.78. The predicted molar refractivity (Wildman–Crippen MR) is 97.7 cm³/mol. The summed E-state index contributed by atoms with van der Waals surface area (Å²) < 4.78 is 1.54. The zero-order valence-electron chi connectivity index (χ0n) is 14.0. The van der Waals surface area contributed by atoms with E-state index in [-0.39, 0.29) is 5.56 Å². The van der Waals surface area contributed by atoms with Crippen molar-refractivity contribution < 1.29 is 0 Å². The van der Waals surface area contributed by atoms with Crippen molar-refractivity contribution in [3.8, 4) is 0 Å². The fraction of sp³-hybridized carbons (Fsp3) is 0.444. The molecular formula is C18H21N5OS. The predicted octanol–water partition coefficient (Wildman–Crippen LogP) is 3.23. The normalized spacial score (nSPS) is 15.2. The number of nitrogens with one attached hydrogen (secondary N) is 1. The van der Waals surface area contributed by atoms with Gasteiger partial charge in [-0.25, -0.2) is 9.97 Å².